The molecular weight excluding hydrogens is 306 g/mol. The van der Waals surface area contributed by atoms with E-state index in [2.05, 4.69) is 15.6 Å². The van der Waals surface area contributed by atoms with Crippen LogP contribution in [0.25, 0.3) is 0 Å². The molecule has 0 aliphatic heterocycles. The van der Waals surface area contributed by atoms with Gasteiger partial charge in [-0.15, -0.1) is 0 Å². The maximum atomic E-state index is 12.0. The number of pyridine rings is 1. The van der Waals surface area contributed by atoms with E-state index in [9.17, 15) is 9.59 Å². The van der Waals surface area contributed by atoms with Gasteiger partial charge in [0.15, 0.2) is 5.76 Å². The van der Waals surface area contributed by atoms with Crippen molar-refractivity contribution in [1.82, 2.24) is 10.3 Å². The number of nitrogens with zero attached hydrogens (tertiary/aromatic N) is 1. The summed E-state index contributed by atoms with van der Waals surface area (Å²) in [5.41, 5.74) is 1.99. The monoisotopic (exact) mass is 321 g/mol. The fourth-order valence-electron chi connectivity index (χ4n) is 2.14. The van der Waals surface area contributed by atoms with E-state index in [1.165, 1.54) is 12.5 Å². The van der Waals surface area contributed by atoms with Crippen molar-refractivity contribution < 1.29 is 14.0 Å². The van der Waals surface area contributed by atoms with E-state index in [-0.39, 0.29) is 17.6 Å². The summed E-state index contributed by atoms with van der Waals surface area (Å²) in [6, 6.07) is 13.9. The van der Waals surface area contributed by atoms with Crippen LogP contribution in [-0.4, -0.2) is 16.8 Å². The molecule has 0 unspecified atom stereocenters. The molecule has 24 heavy (non-hydrogen) atoms. The van der Waals surface area contributed by atoms with Crippen molar-refractivity contribution in [3.05, 3.63) is 84.1 Å². The summed E-state index contributed by atoms with van der Waals surface area (Å²) in [7, 11) is 0. The minimum absolute atomic E-state index is 0.201. The maximum absolute atomic E-state index is 12.0. The highest BCUT2D eigenvalue weighted by Gasteiger charge is 2.09. The van der Waals surface area contributed by atoms with Crippen LogP contribution >= 0.6 is 0 Å². The molecule has 2 heterocycles. The van der Waals surface area contributed by atoms with Crippen molar-refractivity contribution in [1.29, 1.82) is 0 Å². The number of benzene rings is 1. The molecular formula is C18H15N3O3. The van der Waals surface area contributed by atoms with Gasteiger partial charge < -0.3 is 15.1 Å². The highest BCUT2D eigenvalue weighted by molar-refractivity contribution is 6.02. The number of amides is 2. The number of hydrogen-bond donors (Lipinski definition) is 2. The predicted octanol–water partition coefficient (Wildman–Crippen LogP) is 2.86. The molecule has 0 saturated heterocycles. The Kier molecular flexibility index (Phi) is 4.67. The Bertz CT molecular complexity index is 830. The van der Waals surface area contributed by atoms with Crippen molar-refractivity contribution in [3.8, 4) is 0 Å². The van der Waals surface area contributed by atoms with Gasteiger partial charge in [-0.3, -0.25) is 14.6 Å². The first-order chi connectivity index (χ1) is 11.7. The fraction of sp³-hybridized carbons (Fsp3) is 0.0556. The Labute approximate surface area is 138 Å². The van der Waals surface area contributed by atoms with Gasteiger partial charge in [-0.25, -0.2) is 0 Å². The maximum Gasteiger partial charge on any atom is 0.291 e. The van der Waals surface area contributed by atoms with Gasteiger partial charge in [0.05, 0.1) is 11.8 Å². The first-order valence-corrected chi connectivity index (χ1v) is 7.34. The summed E-state index contributed by atoms with van der Waals surface area (Å²) in [6.45, 7) is 0.345. The van der Waals surface area contributed by atoms with Gasteiger partial charge in [-0.05, 0) is 42.0 Å². The third kappa shape index (κ3) is 3.86. The first kappa shape index (κ1) is 15.5. The zero-order chi connectivity index (χ0) is 16.8. The Morgan fingerprint density at radius 3 is 2.71 bits per heavy atom. The summed E-state index contributed by atoms with van der Waals surface area (Å²) >= 11 is 0. The number of aromatic nitrogens is 1. The molecule has 120 valence electrons. The van der Waals surface area contributed by atoms with Crippen LogP contribution in [0.5, 0.6) is 0 Å². The summed E-state index contributed by atoms with van der Waals surface area (Å²) < 4.78 is 5.05. The van der Waals surface area contributed by atoms with Gasteiger partial charge in [-0.2, -0.15) is 0 Å². The third-order valence-electron chi connectivity index (χ3n) is 3.31. The lowest BCUT2D eigenvalue weighted by atomic mass is 10.2. The van der Waals surface area contributed by atoms with Gasteiger partial charge >= 0.3 is 0 Å². The van der Waals surface area contributed by atoms with Crippen molar-refractivity contribution in [2.75, 3.05) is 5.32 Å². The summed E-state index contributed by atoms with van der Waals surface area (Å²) in [4.78, 5) is 27.9. The molecule has 0 fully saturated rings. The molecule has 2 N–H and O–H groups in total. The molecule has 3 rings (SSSR count). The summed E-state index contributed by atoms with van der Waals surface area (Å²) in [6.07, 6.45) is 4.57. The number of nitrogens with one attached hydrogen (secondary N) is 2. The van der Waals surface area contributed by atoms with E-state index in [1.807, 2.05) is 12.1 Å². The molecule has 0 bridgehead atoms. The largest absolute Gasteiger partial charge is 0.459 e. The lowest BCUT2D eigenvalue weighted by Crippen LogP contribution is -2.23. The normalized spacial score (nSPS) is 10.2. The molecule has 1 aromatic carbocycles. The van der Waals surface area contributed by atoms with E-state index in [0.29, 0.717) is 17.8 Å². The zero-order valence-corrected chi connectivity index (χ0v) is 12.7. The van der Waals surface area contributed by atoms with Crippen LogP contribution in [-0.2, 0) is 6.54 Å². The molecule has 6 heteroatoms. The lowest BCUT2D eigenvalue weighted by molar-refractivity contribution is 0.0949. The lowest BCUT2D eigenvalue weighted by Gasteiger charge is -2.08. The van der Waals surface area contributed by atoms with Crippen molar-refractivity contribution in [3.63, 3.8) is 0 Å². The number of carbonyl (C=O) groups is 2. The summed E-state index contributed by atoms with van der Waals surface area (Å²) in [5.74, 6) is -0.282. The average molecular weight is 321 g/mol. The Morgan fingerprint density at radius 2 is 1.96 bits per heavy atom. The van der Waals surface area contributed by atoms with Crippen LogP contribution in [0.4, 0.5) is 5.69 Å². The fourth-order valence-corrected chi connectivity index (χ4v) is 2.14. The second-order valence-electron chi connectivity index (χ2n) is 5.06. The van der Waals surface area contributed by atoms with Crippen LogP contribution in [0, 0.1) is 0 Å². The smallest absolute Gasteiger partial charge is 0.291 e. The molecule has 2 amide bonds. The second-order valence-corrected chi connectivity index (χ2v) is 5.06. The van der Waals surface area contributed by atoms with Crippen LogP contribution in [0.15, 0.2) is 71.6 Å². The van der Waals surface area contributed by atoms with Crippen LogP contribution in [0.1, 0.15) is 26.5 Å². The topological polar surface area (TPSA) is 84.2 Å². The predicted molar refractivity (Wildman–Crippen MR) is 88.5 cm³/mol. The van der Waals surface area contributed by atoms with E-state index in [4.69, 9.17) is 4.42 Å². The third-order valence-corrected chi connectivity index (χ3v) is 3.31. The molecule has 6 nitrogen and oxygen atoms in total. The van der Waals surface area contributed by atoms with Gasteiger partial charge in [0.2, 0.25) is 0 Å². The second kappa shape index (κ2) is 7.23. The van der Waals surface area contributed by atoms with E-state index in [1.54, 1.807) is 42.6 Å². The van der Waals surface area contributed by atoms with Crippen molar-refractivity contribution in [2.24, 2.45) is 0 Å². The number of rotatable bonds is 5. The van der Waals surface area contributed by atoms with Gasteiger partial charge in [0, 0.05) is 24.6 Å². The van der Waals surface area contributed by atoms with Crippen molar-refractivity contribution >= 4 is 17.5 Å². The molecule has 0 spiro atoms. The van der Waals surface area contributed by atoms with Crippen LogP contribution < -0.4 is 10.6 Å². The molecule has 0 radical (unpaired) electrons. The van der Waals surface area contributed by atoms with Crippen LogP contribution in [0.3, 0.4) is 0 Å². The van der Waals surface area contributed by atoms with E-state index in [0.717, 1.165) is 5.56 Å². The minimum Gasteiger partial charge on any atom is -0.459 e. The number of furan rings is 1. The van der Waals surface area contributed by atoms with Gasteiger partial charge in [0.1, 0.15) is 0 Å². The molecule has 0 aliphatic carbocycles. The Hall–Kier alpha value is -3.41. The number of carbonyl (C=O) groups excluding carboxylic acids is 2. The first-order valence-electron chi connectivity index (χ1n) is 7.34. The van der Waals surface area contributed by atoms with Crippen molar-refractivity contribution in [2.45, 2.75) is 6.54 Å². The van der Waals surface area contributed by atoms with Gasteiger partial charge in [0.25, 0.3) is 11.8 Å². The quantitative estimate of drug-likeness (QED) is 0.757. The van der Waals surface area contributed by atoms with Crippen LogP contribution in [0.2, 0.25) is 0 Å². The molecule has 0 aliphatic rings. The average Bonchev–Trinajstić information content (AvgIpc) is 3.15. The Morgan fingerprint density at radius 1 is 1.04 bits per heavy atom. The van der Waals surface area contributed by atoms with Gasteiger partial charge in [-0.1, -0.05) is 12.1 Å². The number of hydrogen-bond acceptors (Lipinski definition) is 4. The standard InChI is InChI=1S/C18H15N3O3/c22-17(14-5-2-8-19-12-14)20-11-13-4-1-6-15(10-13)21-18(23)16-7-3-9-24-16/h1-10,12H,11H2,(H,20,22)(H,21,23). The number of anilines is 1. The SMILES string of the molecule is O=C(NCc1cccc(NC(=O)c2ccco2)c1)c1cccnc1. The molecule has 0 saturated carbocycles. The molecule has 3 aromatic rings. The highest BCUT2D eigenvalue weighted by Crippen LogP contribution is 2.13. The van der Waals surface area contributed by atoms with E-state index >= 15 is 0 Å². The molecule has 0 atom stereocenters. The Balaban J connectivity index is 1.61. The minimum atomic E-state index is -0.323. The highest BCUT2D eigenvalue weighted by atomic mass is 16.3. The zero-order valence-electron chi connectivity index (χ0n) is 12.7. The molecule has 2 aromatic heterocycles. The van der Waals surface area contributed by atoms with E-state index < -0.39 is 0 Å². The summed E-state index contributed by atoms with van der Waals surface area (Å²) in [5, 5.41) is 5.56.